The van der Waals surface area contributed by atoms with Crippen LogP contribution in [-0.4, -0.2) is 16.1 Å². The van der Waals surface area contributed by atoms with E-state index in [4.69, 9.17) is 16.3 Å². The first-order valence-corrected chi connectivity index (χ1v) is 7.74. The van der Waals surface area contributed by atoms with Crippen molar-refractivity contribution in [2.24, 2.45) is 0 Å². The number of rotatable bonds is 8. The Morgan fingerprint density at radius 2 is 2.19 bits per heavy atom. The number of aryl methyl sites for hydroxylation is 1. The molecule has 0 amide bonds. The Morgan fingerprint density at radius 1 is 1.33 bits per heavy atom. The predicted molar refractivity (Wildman–Crippen MR) is 85.7 cm³/mol. The normalized spacial score (nSPS) is 10.8. The second-order valence-corrected chi connectivity index (χ2v) is 5.27. The Hall–Kier alpha value is -1.52. The summed E-state index contributed by atoms with van der Waals surface area (Å²) in [5.41, 5.74) is 2.13. The molecule has 0 saturated heterocycles. The van der Waals surface area contributed by atoms with E-state index in [0.29, 0.717) is 11.6 Å². The summed E-state index contributed by atoms with van der Waals surface area (Å²) in [6, 6.07) is 5.85. The van der Waals surface area contributed by atoms with Crippen molar-refractivity contribution in [1.29, 1.82) is 0 Å². The predicted octanol–water partition coefficient (Wildman–Crippen LogP) is 3.64. The maximum atomic E-state index is 6.28. The van der Waals surface area contributed by atoms with E-state index < -0.39 is 0 Å². The summed E-state index contributed by atoms with van der Waals surface area (Å²) in [7, 11) is 0. The second kappa shape index (κ2) is 8.05. The topological polar surface area (TPSA) is 39.1 Å². The highest BCUT2D eigenvalue weighted by atomic mass is 35.5. The average Bonchev–Trinajstić information content (AvgIpc) is 2.94. The zero-order valence-corrected chi connectivity index (χ0v) is 13.4. The number of nitrogens with zero attached hydrogens (tertiary/aromatic N) is 2. The van der Waals surface area contributed by atoms with Crippen LogP contribution >= 0.6 is 11.6 Å². The van der Waals surface area contributed by atoms with Crippen LogP contribution < -0.4 is 10.1 Å². The minimum atomic E-state index is 0.471. The van der Waals surface area contributed by atoms with Gasteiger partial charge in [-0.15, -0.1) is 0 Å². The van der Waals surface area contributed by atoms with Crippen molar-refractivity contribution in [2.75, 3.05) is 6.54 Å². The molecule has 0 unspecified atom stereocenters. The van der Waals surface area contributed by atoms with E-state index in [1.807, 2.05) is 30.7 Å². The van der Waals surface area contributed by atoms with Crippen molar-refractivity contribution >= 4 is 11.6 Å². The van der Waals surface area contributed by atoms with Crippen molar-refractivity contribution in [3.8, 4) is 5.75 Å². The third kappa shape index (κ3) is 4.22. The molecule has 1 N–H and O–H groups in total. The van der Waals surface area contributed by atoms with Gasteiger partial charge in [-0.3, -0.25) is 0 Å². The van der Waals surface area contributed by atoms with Crippen molar-refractivity contribution in [1.82, 2.24) is 14.9 Å². The van der Waals surface area contributed by atoms with Gasteiger partial charge < -0.3 is 14.6 Å². The molecule has 1 aromatic carbocycles. The third-order valence-electron chi connectivity index (χ3n) is 3.29. The van der Waals surface area contributed by atoms with E-state index >= 15 is 0 Å². The van der Waals surface area contributed by atoms with E-state index in [1.54, 1.807) is 0 Å². The molecule has 0 aliphatic rings. The smallest absolute Gasteiger partial charge is 0.142 e. The number of imidazole rings is 1. The fraction of sp³-hybridized carbons (Fsp3) is 0.438. The molecule has 0 spiro atoms. The van der Waals surface area contributed by atoms with Gasteiger partial charge in [0.2, 0.25) is 0 Å². The molecule has 0 radical (unpaired) electrons. The fourth-order valence-electron chi connectivity index (χ4n) is 2.15. The van der Waals surface area contributed by atoms with Gasteiger partial charge in [-0.2, -0.15) is 0 Å². The highest BCUT2D eigenvalue weighted by Crippen LogP contribution is 2.29. The van der Waals surface area contributed by atoms with E-state index in [9.17, 15) is 0 Å². The first-order chi connectivity index (χ1) is 10.3. The summed E-state index contributed by atoms with van der Waals surface area (Å²) in [6.45, 7) is 7.32. The van der Waals surface area contributed by atoms with Crippen molar-refractivity contribution < 1.29 is 4.74 Å². The average molecular weight is 308 g/mol. The van der Waals surface area contributed by atoms with Crippen LogP contribution in [-0.2, 0) is 19.7 Å². The number of halogens is 1. The van der Waals surface area contributed by atoms with Crippen LogP contribution in [0.2, 0.25) is 5.02 Å². The molecule has 4 nitrogen and oxygen atoms in total. The van der Waals surface area contributed by atoms with Crippen molar-refractivity contribution in [2.45, 2.75) is 40.0 Å². The molecule has 1 aromatic heterocycles. The zero-order valence-electron chi connectivity index (χ0n) is 12.6. The second-order valence-electron chi connectivity index (χ2n) is 4.86. The lowest BCUT2D eigenvalue weighted by Crippen LogP contribution is -2.15. The van der Waals surface area contributed by atoms with Crippen LogP contribution in [0.5, 0.6) is 5.75 Å². The maximum absolute atomic E-state index is 6.28. The monoisotopic (exact) mass is 307 g/mol. The van der Waals surface area contributed by atoms with Gasteiger partial charge in [-0.1, -0.05) is 30.7 Å². The van der Waals surface area contributed by atoms with Crippen molar-refractivity contribution in [3.05, 3.63) is 47.0 Å². The van der Waals surface area contributed by atoms with E-state index in [0.717, 1.165) is 43.1 Å². The molecule has 0 saturated carbocycles. The van der Waals surface area contributed by atoms with Gasteiger partial charge in [0.25, 0.3) is 0 Å². The van der Waals surface area contributed by atoms with E-state index in [-0.39, 0.29) is 0 Å². The van der Waals surface area contributed by atoms with Gasteiger partial charge in [0.15, 0.2) is 0 Å². The molecule has 2 rings (SSSR count). The lowest BCUT2D eigenvalue weighted by molar-refractivity contribution is 0.292. The lowest BCUT2D eigenvalue weighted by Gasteiger charge is -2.14. The highest BCUT2D eigenvalue weighted by molar-refractivity contribution is 6.32. The summed E-state index contributed by atoms with van der Waals surface area (Å²) >= 11 is 6.28. The van der Waals surface area contributed by atoms with E-state index in [2.05, 4.69) is 28.7 Å². The zero-order chi connectivity index (χ0) is 15.1. The number of nitrogens with one attached hydrogen (secondary N) is 1. The number of hydrogen-bond donors (Lipinski definition) is 1. The lowest BCUT2D eigenvalue weighted by atomic mass is 10.2. The Morgan fingerprint density at radius 3 is 2.95 bits per heavy atom. The first-order valence-electron chi connectivity index (χ1n) is 7.36. The summed E-state index contributed by atoms with van der Waals surface area (Å²) in [4.78, 5) is 4.15. The van der Waals surface area contributed by atoms with Crippen LogP contribution in [0.3, 0.4) is 0 Å². The van der Waals surface area contributed by atoms with E-state index in [1.165, 1.54) is 0 Å². The Kier molecular flexibility index (Phi) is 6.08. The minimum Gasteiger partial charge on any atom is -0.485 e. The minimum absolute atomic E-state index is 0.471. The van der Waals surface area contributed by atoms with Gasteiger partial charge in [-0.25, -0.2) is 4.98 Å². The van der Waals surface area contributed by atoms with Crippen molar-refractivity contribution in [3.63, 3.8) is 0 Å². The summed E-state index contributed by atoms with van der Waals surface area (Å²) in [5.74, 6) is 0.756. The van der Waals surface area contributed by atoms with Gasteiger partial charge >= 0.3 is 0 Å². The number of benzene rings is 1. The summed E-state index contributed by atoms with van der Waals surface area (Å²) in [5, 5.41) is 4.03. The first kappa shape index (κ1) is 15.9. The molecular formula is C16H22ClN3O. The molecule has 114 valence electrons. The highest BCUT2D eigenvalue weighted by Gasteiger charge is 2.10. The quantitative estimate of drug-likeness (QED) is 0.757. The number of hydrogen-bond acceptors (Lipinski definition) is 3. The summed E-state index contributed by atoms with van der Waals surface area (Å²) < 4.78 is 8.01. The Bertz CT molecular complexity index is 568. The van der Waals surface area contributed by atoms with Crippen LogP contribution in [0.1, 0.15) is 31.5 Å². The van der Waals surface area contributed by atoms with Crippen LogP contribution in [0, 0.1) is 0 Å². The standard InChI is InChI=1S/C16H22ClN3O/c1-3-8-18-9-13-6-5-7-15(17)16(13)21-11-14-10-19-12-20(14)4-2/h5-7,10,12,18H,3-4,8-9,11H2,1-2H3. The Balaban J connectivity index is 2.07. The van der Waals surface area contributed by atoms with Crippen LogP contribution in [0.25, 0.3) is 0 Å². The van der Waals surface area contributed by atoms with Gasteiger partial charge in [-0.05, 0) is 26.0 Å². The fourth-order valence-corrected chi connectivity index (χ4v) is 2.40. The summed E-state index contributed by atoms with van der Waals surface area (Å²) in [6.07, 6.45) is 4.75. The number of ether oxygens (including phenoxy) is 1. The largest absolute Gasteiger partial charge is 0.485 e. The molecule has 2 aromatic rings. The third-order valence-corrected chi connectivity index (χ3v) is 3.59. The molecule has 0 bridgehead atoms. The molecule has 21 heavy (non-hydrogen) atoms. The van der Waals surface area contributed by atoms with Crippen LogP contribution in [0.15, 0.2) is 30.7 Å². The molecule has 0 aliphatic carbocycles. The molecule has 0 fully saturated rings. The van der Waals surface area contributed by atoms with Gasteiger partial charge in [0, 0.05) is 18.7 Å². The number of para-hydroxylation sites is 1. The molecule has 1 heterocycles. The SMILES string of the molecule is CCCNCc1cccc(Cl)c1OCc1cncn1CC. The Labute approximate surface area is 131 Å². The number of aromatic nitrogens is 2. The van der Waals surface area contributed by atoms with Crippen LogP contribution in [0.4, 0.5) is 0 Å². The van der Waals surface area contributed by atoms with Gasteiger partial charge in [0.05, 0.1) is 23.2 Å². The molecular weight excluding hydrogens is 286 g/mol. The molecule has 0 aliphatic heterocycles. The maximum Gasteiger partial charge on any atom is 0.142 e. The van der Waals surface area contributed by atoms with Gasteiger partial charge in [0.1, 0.15) is 12.4 Å². The molecule has 5 heteroatoms. The molecule has 0 atom stereocenters.